The summed E-state index contributed by atoms with van der Waals surface area (Å²) in [5.74, 6) is -0.792. The molecule has 5 rings (SSSR count). The second-order valence-electron chi connectivity index (χ2n) is 7.21. The lowest BCUT2D eigenvalue weighted by molar-refractivity contribution is -0.137. The average molecular weight is 357 g/mol. The largest absolute Gasteiger partial charge is 0.416 e. The Balaban J connectivity index is 1.54. The molecule has 3 nitrogen and oxygen atoms in total. The molecule has 3 atom stereocenters. The molecule has 0 aromatic heterocycles. The Labute approximate surface area is 147 Å². The molecule has 1 fully saturated rings. The van der Waals surface area contributed by atoms with Crippen LogP contribution in [0.1, 0.15) is 62.1 Å². The fourth-order valence-corrected chi connectivity index (χ4v) is 4.84. The number of rotatable bonds is 1. The summed E-state index contributed by atoms with van der Waals surface area (Å²) in [7, 11) is 0. The number of fused-ring (bicyclic) bond motifs is 6. The molecule has 2 aliphatic carbocycles. The van der Waals surface area contributed by atoms with Crippen molar-refractivity contribution < 1.29 is 22.8 Å². The molecule has 2 amide bonds. The minimum atomic E-state index is -4.40. The van der Waals surface area contributed by atoms with E-state index in [2.05, 4.69) is 0 Å². The van der Waals surface area contributed by atoms with E-state index in [0.717, 1.165) is 11.6 Å². The van der Waals surface area contributed by atoms with E-state index in [-0.39, 0.29) is 29.7 Å². The summed E-state index contributed by atoms with van der Waals surface area (Å²) in [6.45, 7) is 0. The van der Waals surface area contributed by atoms with E-state index in [4.69, 9.17) is 0 Å². The van der Waals surface area contributed by atoms with E-state index in [1.807, 2.05) is 0 Å². The Morgan fingerprint density at radius 1 is 0.885 bits per heavy atom. The highest BCUT2D eigenvalue weighted by Gasteiger charge is 2.52. The fourth-order valence-electron chi connectivity index (χ4n) is 4.84. The third-order valence-corrected chi connectivity index (χ3v) is 5.94. The first-order valence-electron chi connectivity index (χ1n) is 8.54. The molecule has 2 bridgehead atoms. The number of carbonyl (C=O) groups excluding carboxylic acids is 2. The van der Waals surface area contributed by atoms with Gasteiger partial charge in [0.05, 0.1) is 16.7 Å². The first-order chi connectivity index (χ1) is 12.4. The zero-order valence-electron chi connectivity index (χ0n) is 13.6. The molecule has 0 unspecified atom stereocenters. The number of carbonyl (C=O) groups is 2. The van der Waals surface area contributed by atoms with Gasteiger partial charge < -0.3 is 0 Å². The minimum Gasteiger partial charge on any atom is -0.271 e. The van der Waals surface area contributed by atoms with Crippen LogP contribution in [0.2, 0.25) is 0 Å². The van der Waals surface area contributed by atoms with Crippen LogP contribution in [0.3, 0.4) is 0 Å². The molecule has 2 aromatic carbocycles. The first-order valence-corrected chi connectivity index (χ1v) is 8.54. The van der Waals surface area contributed by atoms with Crippen LogP contribution < -0.4 is 0 Å². The van der Waals surface area contributed by atoms with Crippen molar-refractivity contribution in [2.75, 3.05) is 0 Å². The van der Waals surface area contributed by atoms with E-state index in [1.54, 1.807) is 30.3 Å². The molecular weight excluding hydrogens is 343 g/mol. The summed E-state index contributed by atoms with van der Waals surface area (Å²) in [5.41, 5.74) is 1.65. The zero-order valence-corrected chi connectivity index (χ0v) is 13.6. The SMILES string of the molecule is O=C1c2ccccc2C(=O)N1[C@@H]1C[C@@H]2C[C@H]1c1cc(C(F)(F)F)ccc12. The molecule has 132 valence electrons. The van der Waals surface area contributed by atoms with Gasteiger partial charge in [-0.05, 0) is 54.2 Å². The van der Waals surface area contributed by atoms with Crippen molar-refractivity contribution >= 4 is 11.8 Å². The van der Waals surface area contributed by atoms with Gasteiger partial charge in [-0.3, -0.25) is 14.5 Å². The average Bonchev–Trinajstić information content (AvgIpc) is 3.26. The molecule has 2 aromatic rings. The number of hydrogen-bond acceptors (Lipinski definition) is 2. The molecule has 0 spiro atoms. The zero-order chi connectivity index (χ0) is 18.2. The van der Waals surface area contributed by atoms with Crippen LogP contribution in [0.5, 0.6) is 0 Å². The number of nitrogens with zero attached hydrogens (tertiary/aromatic N) is 1. The summed E-state index contributed by atoms with van der Waals surface area (Å²) in [5, 5.41) is 0. The van der Waals surface area contributed by atoms with Gasteiger partial charge in [-0.25, -0.2) is 0 Å². The maximum absolute atomic E-state index is 13.1. The van der Waals surface area contributed by atoms with Crippen LogP contribution in [-0.2, 0) is 6.18 Å². The number of amides is 2. The minimum absolute atomic E-state index is 0.103. The van der Waals surface area contributed by atoms with Crippen LogP contribution in [0.15, 0.2) is 42.5 Å². The summed E-state index contributed by atoms with van der Waals surface area (Å²) in [6.07, 6.45) is -3.09. The molecule has 1 aliphatic heterocycles. The van der Waals surface area contributed by atoms with Crippen molar-refractivity contribution in [3.8, 4) is 0 Å². The van der Waals surface area contributed by atoms with E-state index in [1.165, 1.54) is 11.0 Å². The molecule has 26 heavy (non-hydrogen) atoms. The lowest BCUT2D eigenvalue weighted by Gasteiger charge is -2.31. The number of alkyl halides is 3. The first kappa shape index (κ1) is 15.6. The van der Waals surface area contributed by atoms with Gasteiger partial charge in [0.1, 0.15) is 0 Å². The second-order valence-corrected chi connectivity index (χ2v) is 7.21. The van der Waals surface area contributed by atoms with Crippen LogP contribution in [0, 0.1) is 0 Å². The Kier molecular flexibility index (Phi) is 2.98. The highest BCUT2D eigenvalue weighted by molar-refractivity contribution is 6.21. The van der Waals surface area contributed by atoms with Crippen molar-refractivity contribution in [1.82, 2.24) is 4.90 Å². The Morgan fingerprint density at radius 3 is 2.15 bits per heavy atom. The molecule has 1 saturated carbocycles. The summed E-state index contributed by atoms with van der Waals surface area (Å²) in [4.78, 5) is 26.7. The highest BCUT2D eigenvalue weighted by Crippen LogP contribution is 2.56. The van der Waals surface area contributed by atoms with Crippen molar-refractivity contribution in [3.05, 3.63) is 70.3 Å². The van der Waals surface area contributed by atoms with E-state index in [0.29, 0.717) is 29.5 Å². The van der Waals surface area contributed by atoms with Crippen molar-refractivity contribution in [2.24, 2.45) is 0 Å². The van der Waals surface area contributed by atoms with Crippen LogP contribution in [-0.4, -0.2) is 22.8 Å². The molecule has 0 radical (unpaired) electrons. The topological polar surface area (TPSA) is 37.4 Å². The molecule has 6 heteroatoms. The van der Waals surface area contributed by atoms with Crippen LogP contribution in [0.4, 0.5) is 13.2 Å². The lowest BCUT2D eigenvalue weighted by atomic mass is 9.86. The molecular formula is C20H14F3NO2. The van der Waals surface area contributed by atoms with Gasteiger partial charge in [-0.1, -0.05) is 18.2 Å². The number of hydrogen-bond donors (Lipinski definition) is 0. The molecule has 1 heterocycles. The Hall–Kier alpha value is -2.63. The van der Waals surface area contributed by atoms with Crippen molar-refractivity contribution in [1.29, 1.82) is 0 Å². The predicted octanol–water partition coefficient (Wildman–Crippen LogP) is 4.34. The van der Waals surface area contributed by atoms with Crippen LogP contribution in [0.25, 0.3) is 0 Å². The lowest BCUT2D eigenvalue weighted by Crippen LogP contribution is -2.42. The molecule has 3 aliphatic rings. The third-order valence-electron chi connectivity index (χ3n) is 5.94. The summed E-state index contributed by atoms with van der Waals surface area (Å²) >= 11 is 0. The normalized spacial score (nSPS) is 26.4. The standard InChI is InChI=1S/C20H14F3NO2/c21-20(22,23)11-5-6-12-10-7-16(15(12)9-11)17(8-10)24-18(25)13-3-1-2-4-14(13)19(24)26/h1-6,9-10,16-17H,7-8H2/t10-,16-,17+/m0/s1. The summed E-state index contributed by atoms with van der Waals surface area (Å²) < 4.78 is 39.2. The summed E-state index contributed by atoms with van der Waals surface area (Å²) in [6, 6.07) is 10.2. The van der Waals surface area contributed by atoms with Gasteiger partial charge in [0.15, 0.2) is 0 Å². The van der Waals surface area contributed by atoms with Gasteiger partial charge in [0.25, 0.3) is 11.8 Å². The third kappa shape index (κ3) is 1.95. The van der Waals surface area contributed by atoms with E-state index < -0.39 is 11.7 Å². The predicted molar refractivity (Wildman–Crippen MR) is 86.9 cm³/mol. The van der Waals surface area contributed by atoms with Gasteiger partial charge in [-0.15, -0.1) is 0 Å². The van der Waals surface area contributed by atoms with Gasteiger partial charge in [0, 0.05) is 12.0 Å². The van der Waals surface area contributed by atoms with Crippen molar-refractivity contribution in [2.45, 2.75) is 36.9 Å². The Bertz CT molecular complexity index is 931. The molecule has 0 N–H and O–H groups in total. The number of imide groups is 1. The van der Waals surface area contributed by atoms with E-state index in [9.17, 15) is 22.8 Å². The maximum atomic E-state index is 13.1. The monoisotopic (exact) mass is 357 g/mol. The highest BCUT2D eigenvalue weighted by atomic mass is 19.4. The van der Waals surface area contributed by atoms with Crippen LogP contribution >= 0.6 is 0 Å². The number of benzene rings is 2. The van der Waals surface area contributed by atoms with E-state index >= 15 is 0 Å². The maximum Gasteiger partial charge on any atom is 0.416 e. The smallest absolute Gasteiger partial charge is 0.271 e. The number of halogens is 3. The fraction of sp³-hybridized carbons (Fsp3) is 0.300. The van der Waals surface area contributed by atoms with Crippen molar-refractivity contribution in [3.63, 3.8) is 0 Å². The van der Waals surface area contributed by atoms with Gasteiger partial charge in [0.2, 0.25) is 0 Å². The molecule has 0 saturated heterocycles. The van der Waals surface area contributed by atoms with Gasteiger partial charge in [-0.2, -0.15) is 13.2 Å². The quantitative estimate of drug-likeness (QED) is 0.712. The second kappa shape index (κ2) is 4.96. The van der Waals surface area contributed by atoms with Gasteiger partial charge >= 0.3 is 6.18 Å². The Morgan fingerprint density at radius 2 is 1.54 bits per heavy atom.